The number of aliphatic imine (C=N–C) groups is 1. The first-order valence-corrected chi connectivity index (χ1v) is 8.25. The van der Waals surface area contributed by atoms with Crippen LogP contribution in [-0.4, -0.2) is 27.7 Å². The van der Waals surface area contributed by atoms with Crippen molar-refractivity contribution in [3.63, 3.8) is 0 Å². The Labute approximate surface area is 151 Å². The van der Waals surface area contributed by atoms with E-state index in [0.29, 0.717) is 40.9 Å². The summed E-state index contributed by atoms with van der Waals surface area (Å²) in [6.45, 7) is 7.01. The molecule has 7 nitrogen and oxygen atoms in total. The molecule has 9 heteroatoms. The van der Waals surface area contributed by atoms with E-state index in [9.17, 15) is 0 Å². The average molecular weight is 373 g/mol. The molecule has 2 N–H and O–H groups in total. The number of hydrogen-bond donors (Lipinski definition) is 2. The minimum Gasteiger partial charge on any atom is -0.351 e. The van der Waals surface area contributed by atoms with Gasteiger partial charge in [-0.15, -0.1) is 0 Å². The number of rotatable bonds is 4. The Morgan fingerprint density at radius 2 is 1.96 bits per heavy atom. The summed E-state index contributed by atoms with van der Waals surface area (Å²) in [4.78, 5) is 8.54. The predicted molar refractivity (Wildman–Crippen MR) is 95.5 cm³/mol. The Balaban J connectivity index is 1.91. The minimum absolute atomic E-state index is 0.170. The summed E-state index contributed by atoms with van der Waals surface area (Å²) in [5.41, 5.74) is 0.776. The van der Waals surface area contributed by atoms with Crippen LogP contribution in [0.3, 0.4) is 0 Å². The van der Waals surface area contributed by atoms with Gasteiger partial charge in [0.1, 0.15) is 5.15 Å². The van der Waals surface area contributed by atoms with Crippen LogP contribution < -0.4 is 10.6 Å². The molecule has 0 saturated heterocycles. The summed E-state index contributed by atoms with van der Waals surface area (Å²) in [6.07, 6.45) is 0. The fraction of sp³-hybridized carbons (Fsp3) is 0.533. The maximum atomic E-state index is 6.06. The summed E-state index contributed by atoms with van der Waals surface area (Å²) in [5, 5.41) is 11.3. The molecule has 0 aliphatic carbocycles. The van der Waals surface area contributed by atoms with Gasteiger partial charge in [0, 0.05) is 25.2 Å². The van der Waals surface area contributed by atoms with Crippen LogP contribution in [0, 0.1) is 0 Å². The van der Waals surface area contributed by atoms with Crippen LogP contribution in [0.1, 0.15) is 38.2 Å². The summed E-state index contributed by atoms with van der Waals surface area (Å²) >= 11 is 12.1. The van der Waals surface area contributed by atoms with Crippen LogP contribution in [0.5, 0.6) is 0 Å². The van der Waals surface area contributed by atoms with Gasteiger partial charge in [-0.1, -0.05) is 49.1 Å². The lowest BCUT2D eigenvalue weighted by Gasteiger charge is -2.11. The van der Waals surface area contributed by atoms with Gasteiger partial charge in [0.2, 0.25) is 5.89 Å². The van der Waals surface area contributed by atoms with E-state index >= 15 is 0 Å². The number of nitrogens with one attached hydrogen (secondary N) is 2. The second-order valence-corrected chi connectivity index (χ2v) is 7.14. The third kappa shape index (κ3) is 4.42. The van der Waals surface area contributed by atoms with Crippen LogP contribution in [0.2, 0.25) is 10.2 Å². The zero-order valence-corrected chi connectivity index (χ0v) is 16.0. The van der Waals surface area contributed by atoms with Crippen molar-refractivity contribution in [2.24, 2.45) is 12.0 Å². The highest BCUT2D eigenvalue weighted by molar-refractivity contribution is 6.41. The highest BCUT2D eigenvalue weighted by Gasteiger charge is 2.21. The normalized spacial score (nSPS) is 12.5. The molecular weight excluding hydrogens is 351 g/mol. The van der Waals surface area contributed by atoms with E-state index in [1.165, 1.54) is 0 Å². The standard InChI is InChI=1S/C15H22Cl2N6O/c1-15(2,3)13-21-11(22-24-13)8-20-14(18-4)19-7-9-6-10(16)12(17)23(9)5/h6H,7-8H2,1-5H3,(H2,18,19,20). The Morgan fingerprint density at radius 1 is 1.29 bits per heavy atom. The maximum Gasteiger partial charge on any atom is 0.232 e. The molecule has 24 heavy (non-hydrogen) atoms. The molecule has 0 aliphatic rings. The summed E-state index contributed by atoms with van der Waals surface area (Å²) in [6, 6.07) is 1.82. The predicted octanol–water partition coefficient (Wildman–Crippen LogP) is 2.88. The van der Waals surface area contributed by atoms with E-state index in [1.807, 2.05) is 38.5 Å². The van der Waals surface area contributed by atoms with Crippen LogP contribution in [0.25, 0.3) is 0 Å². The van der Waals surface area contributed by atoms with Gasteiger partial charge in [0.25, 0.3) is 0 Å². The van der Waals surface area contributed by atoms with Gasteiger partial charge in [0.15, 0.2) is 11.8 Å². The fourth-order valence-corrected chi connectivity index (χ4v) is 2.36. The van der Waals surface area contributed by atoms with Crippen molar-refractivity contribution in [3.05, 3.63) is 33.7 Å². The molecular formula is C15H22Cl2N6O. The molecule has 0 fully saturated rings. The molecule has 0 saturated carbocycles. The average Bonchev–Trinajstić information content (AvgIpc) is 3.09. The van der Waals surface area contributed by atoms with Gasteiger partial charge >= 0.3 is 0 Å². The SMILES string of the molecule is CN=C(NCc1noc(C(C)(C)C)n1)NCc1cc(Cl)c(Cl)n1C. The Morgan fingerprint density at radius 3 is 2.46 bits per heavy atom. The molecule has 2 rings (SSSR count). The quantitative estimate of drug-likeness (QED) is 0.636. The molecule has 2 aromatic rings. The van der Waals surface area contributed by atoms with Crippen LogP contribution in [0.15, 0.2) is 15.6 Å². The maximum absolute atomic E-state index is 6.06. The second-order valence-electron chi connectivity index (χ2n) is 6.38. The third-order valence-electron chi connectivity index (χ3n) is 3.40. The molecule has 0 bridgehead atoms. The van der Waals surface area contributed by atoms with Gasteiger partial charge in [-0.05, 0) is 6.07 Å². The summed E-state index contributed by atoms with van der Waals surface area (Å²) in [7, 11) is 3.55. The minimum atomic E-state index is -0.170. The lowest BCUT2D eigenvalue weighted by Crippen LogP contribution is -2.37. The van der Waals surface area contributed by atoms with Gasteiger partial charge < -0.3 is 19.7 Å². The number of hydrogen-bond acceptors (Lipinski definition) is 4. The third-order valence-corrected chi connectivity index (χ3v) is 4.24. The summed E-state index contributed by atoms with van der Waals surface area (Å²) in [5.74, 6) is 1.80. The van der Waals surface area contributed by atoms with Crippen LogP contribution >= 0.6 is 23.2 Å². The molecule has 0 atom stereocenters. The first-order valence-electron chi connectivity index (χ1n) is 7.49. The Hall–Kier alpha value is -1.73. The van der Waals surface area contributed by atoms with Crippen molar-refractivity contribution >= 4 is 29.2 Å². The first kappa shape index (κ1) is 18.6. The zero-order valence-electron chi connectivity index (χ0n) is 14.4. The van der Waals surface area contributed by atoms with E-state index < -0.39 is 0 Å². The smallest absolute Gasteiger partial charge is 0.232 e. The van der Waals surface area contributed by atoms with Gasteiger partial charge in [0.05, 0.1) is 18.1 Å². The fourth-order valence-electron chi connectivity index (χ4n) is 1.95. The zero-order chi connectivity index (χ0) is 17.9. The van der Waals surface area contributed by atoms with E-state index in [1.54, 1.807) is 7.05 Å². The van der Waals surface area contributed by atoms with Crippen LogP contribution in [-0.2, 0) is 25.6 Å². The van der Waals surface area contributed by atoms with Crippen molar-refractivity contribution in [1.29, 1.82) is 0 Å². The molecule has 2 heterocycles. The van der Waals surface area contributed by atoms with Crippen LogP contribution in [0.4, 0.5) is 0 Å². The van der Waals surface area contributed by atoms with Crippen molar-refractivity contribution in [2.45, 2.75) is 39.3 Å². The second kappa shape index (κ2) is 7.44. The number of halogens is 2. The molecule has 0 aliphatic heterocycles. The lowest BCUT2D eigenvalue weighted by molar-refractivity contribution is 0.318. The molecule has 2 aromatic heterocycles. The molecule has 0 radical (unpaired) electrons. The topological polar surface area (TPSA) is 80.3 Å². The van der Waals surface area contributed by atoms with E-state index in [-0.39, 0.29) is 5.41 Å². The highest BCUT2D eigenvalue weighted by Crippen LogP contribution is 2.24. The molecule has 0 amide bonds. The number of aromatic nitrogens is 3. The molecule has 0 spiro atoms. The lowest BCUT2D eigenvalue weighted by atomic mass is 9.97. The monoisotopic (exact) mass is 372 g/mol. The van der Waals surface area contributed by atoms with Gasteiger partial charge in [-0.2, -0.15) is 4.98 Å². The number of guanidine groups is 1. The largest absolute Gasteiger partial charge is 0.351 e. The summed E-state index contributed by atoms with van der Waals surface area (Å²) < 4.78 is 7.08. The Kier molecular flexibility index (Phi) is 5.77. The highest BCUT2D eigenvalue weighted by atomic mass is 35.5. The molecule has 0 unspecified atom stereocenters. The van der Waals surface area contributed by atoms with E-state index in [4.69, 9.17) is 27.7 Å². The van der Waals surface area contributed by atoms with E-state index in [2.05, 4.69) is 25.8 Å². The van der Waals surface area contributed by atoms with Gasteiger partial charge in [-0.25, -0.2) is 0 Å². The first-order chi connectivity index (χ1) is 11.2. The van der Waals surface area contributed by atoms with E-state index in [0.717, 1.165) is 5.69 Å². The van der Waals surface area contributed by atoms with Crippen molar-refractivity contribution in [2.75, 3.05) is 7.05 Å². The number of nitrogens with zero attached hydrogens (tertiary/aromatic N) is 4. The Bertz CT molecular complexity index is 729. The van der Waals surface area contributed by atoms with Crippen molar-refractivity contribution in [3.8, 4) is 0 Å². The van der Waals surface area contributed by atoms with Gasteiger partial charge in [-0.3, -0.25) is 4.99 Å². The molecule has 0 aromatic carbocycles. The van der Waals surface area contributed by atoms with Crippen molar-refractivity contribution < 1.29 is 4.52 Å². The van der Waals surface area contributed by atoms with Crippen molar-refractivity contribution in [1.82, 2.24) is 25.3 Å². The molecule has 132 valence electrons.